The summed E-state index contributed by atoms with van der Waals surface area (Å²) in [6.45, 7) is 3.10. The largest absolute Gasteiger partial charge is 0.385 e. The molecule has 0 radical (unpaired) electrons. The van der Waals surface area contributed by atoms with Crippen molar-refractivity contribution in [1.82, 2.24) is 5.32 Å². The van der Waals surface area contributed by atoms with Gasteiger partial charge in [0.1, 0.15) is 0 Å². The molecule has 0 aliphatic heterocycles. The van der Waals surface area contributed by atoms with E-state index in [1.165, 1.54) is 11.1 Å². The summed E-state index contributed by atoms with van der Waals surface area (Å²) >= 11 is 0. The average molecular weight is 223 g/mol. The predicted octanol–water partition coefficient (Wildman–Crippen LogP) is 1.96. The maximum absolute atomic E-state index is 5.55. The number of hydrogen-bond donors (Lipinski definition) is 1. The maximum Gasteiger partial charge on any atom is 0.0716 e. The van der Waals surface area contributed by atoms with E-state index in [4.69, 9.17) is 9.47 Å². The van der Waals surface area contributed by atoms with Crippen molar-refractivity contribution in [3.8, 4) is 0 Å². The fraction of sp³-hybridized carbons (Fsp3) is 0.538. The molecule has 1 rings (SSSR count). The lowest BCUT2D eigenvalue weighted by Crippen LogP contribution is -2.05. The van der Waals surface area contributed by atoms with Gasteiger partial charge in [0.05, 0.1) is 6.61 Å². The van der Waals surface area contributed by atoms with Crippen LogP contribution in [0.5, 0.6) is 0 Å². The van der Waals surface area contributed by atoms with Crippen molar-refractivity contribution in [2.75, 3.05) is 27.4 Å². The van der Waals surface area contributed by atoms with Crippen molar-refractivity contribution < 1.29 is 9.47 Å². The number of methoxy groups -OCH3 is 1. The van der Waals surface area contributed by atoms with E-state index in [-0.39, 0.29) is 0 Å². The fourth-order valence-electron chi connectivity index (χ4n) is 1.53. The van der Waals surface area contributed by atoms with Gasteiger partial charge in [-0.15, -0.1) is 0 Å². The quantitative estimate of drug-likeness (QED) is 0.683. The van der Waals surface area contributed by atoms with Gasteiger partial charge >= 0.3 is 0 Å². The third-order valence-electron chi connectivity index (χ3n) is 2.28. The molecule has 1 N–H and O–H groups in total. The Morgan fingerprint density at radius 1 is 1.19 bits per heavy atom. The summed E-state index contributed by atoms with van der Waals surface area (Å²) in [4.78, 5) is 0. The Labute approximate surface area is 97.8 Å². The van der Waals surface area contributed by atoms with Crippen molar-refractivity contribution >= 4 is 0 Å². The van der Waals surface area contributed by atoms with Crippen LogP contribution in [0.1, 0.15) is 17.5 Å². The highest BCUT2D eigenvalue weighted by molar-refractivity contribution is 5.22. The molecule has 0 heterocycles. The molecule has 0 aliphatic carbocycles. The molecule has 0 bridgehead atoms. The highest BCUT2D eigenvalue weighted by atomic mass is 16.5. The summed E-state index contributed by atoms with van der Waals surface area (Å²) in [5, 5.41) is 3.14. The van der Waals surface area contributed by atoms with Crippen LogP contribution in [0.15, 0.2) is 24.3 Å². The van der Waals surface area contributed by atoms with Crippen LogP contribution < -0.4 is 5.32 Å². The third kappa shape index (κ3) is 5.26. The Morgan fingerprint density at radius 3 is 2.75 bits per heavy atom. The Morgan fingerprint density at radius 2 is 2.00 bits per heavy atom. The molecule has 0 aromatic heterocycles. The van der Waals surface area contributed by atoms with Gasteiger partial charge in [-0.1, -0.05) is 24.3 Å². The third-order valence-corrected chi connectivity index (χ3v) is 2.28. The van der Waals surface area contributed by atoms with Gasteiger partial charge in [0.25, 0.3) is 0 Å². The number of benzene rings is 1. The second-order valence-electron chi connectivity index (χ2n) is 3.75. The smallest absolute Gasteiger partial charge is 0.0716 e. The molecule has 1 aromatic rings. The molecule has 1 aromatic carbocycles. The second kappa shape index (κ2) is 8.28. The summed E-state index contributed by atoms with van der Waals surface area (Å²) in [6, 6.07) is 8.45. The van der Waals surface area contributed by atoms with Crippen molar-refractivity contribution in [2.45, 2.75) is 19.6 Å². The van der Waals surface area contributed by atoms with Crippen molar-refractivity contribution in [3.05, 3.63) is 35.4 Å². The van der Waals surface area contributed by atoms with E-state index in [2.05, 4.69) is 29.6 Å². The molecular formula is C13H21NO2. The summed E-state index contributed by atoms with van der Waals surface area (Å²) < 4.78 is 10.5. The van der Waals surface area contributed by atoms with Crippen LogP contribution >= 0.6 is 0 Å². The van der Waals surface area contributed by atoms with E-state index >= 15 is 0 Å². The Hall–Kier alpha value is -0.900. The van der Waals surface area contributed by atoms with Gasteiger partial charge in [0.2, 0.25) is 0 Å². The minimum absolute atomic E-state index is 0.682. The van der Waals surface area contributed by atoms with Crippen molar-refractivity contribution in [3.63, 3.8) is 0 Å². The SMILES string of the molecule is CNCc1cccc(COCCCOC)c1. The lowest BCUT2D eigenvalue weighted by Gasteiger charge is -2.06. The summed E-state index contributed by atoms with van der Waals surface area (Å²) in [5.41, 5.74) is 2.52. The molecule has 0 unspecified atom stereocenters. The predicted molar refractivity (Wildman–Crippen MR) is 65.4 cm³/mol. The number of ether oxygens (including phenoxy) is 2. The van der Waals surface area contributed by atoms with Gasteiger partial charge in [0.15, 0.2) is 0 Å². The van der Waals surface area contributed by atoms with Crippen LogP contribution in [0.3, 0.4) is 0 Å². The van der Waals surface area contributed by atoms with E-state index in [1.54, 1.807) is 7.11 Å². The molecule has 3 heteroatoms. The van der Waals surface area contributed by atoms with Crippen molar-refractivity contribution in [2.24, 2.45) is 0 Å². The molecule has 0 atom stereocenters. The molecular weight excluding hydrogens is 202 g/mol. The van der Waals surface area contributed by atoms with Gasteiger partial charge in [0, 0.05) is 26.9 Å². The molecule has 0 amide bonds. The average Bonchev–Trinajstić information content (AvgIpc) is 2.30. The monoisotopic (exact) mass is 223 g/mol. The zero-order valence-corrected chi connectivity index (χ0v) is 10.2. The lowest BCUT2D eigenvalue weighted by atomic mass is 10.1. The molecule has 0 spiro atoms. The summed E-state index contributed by atoms with van der Waals surface area (Å²) in [6.07, 6.45) is 0.951. The van der Waals surface area contributed by atoms with Gasteiger partial charge in [-0.05, 0) is 24.6 Å². The van der Waals surface area contributed by atoms with Gasteiger partial charge in [-0.2, -0.15) is 0 Å². The Bertz CT molecular complexity index is 289. The molecule has 0 saturated carbocycles. The summed E-state index contributed by atoms with van der Waals surface area (Å²) in [7, 11) is 3.66. The number of hydrogen-bond acceptors (Lipinski definition) is 3. The zero-order valence-electron chi connectivity index (χ0n) is 10.2. The van der Waals surface area contributed by atoms with Crippen LogP contribution in [0.25, 0.3) is 0 Å². The topological polar surface area (TPSA) is 30.5 Å². The number of rotatable bonds is 8. The Kier molecular flexibility index (Phi) is 6.81. The van der Waals surface area contributed by atoms with E-state index in [9.17, 15) is 0 Å². The normalized spacial score (nSPS) is 10.6. The molecule has 3 nitrogen and oxygen atoms in total. The minimum Gasteiger partial charge on any atom is -0.385 e. The van der Waals surface area contributed by atoms with E-state index in [1.807, 2.05) is 7.05 Å². The number of nitrogens with one attached hydrogen (secondary N) is 1. The maximum atomic E-state index is 5.55. The fourth-order valence-corrected chi connectivity index (χ4v) is 1.53. The van der Waals surface area contributed by atoms with E-state index in [0.29, 0.717) is 6.61 Å². The molecule has 0 fully saturated rings. The Balaban J connectivity index is 2.27. The van der Waals surface area contributed by atoms with Gasteiger partial charge in [-0.3, -0.25) is 0 Å². The van der Waals surface area contributed by atoms with Gasteiger partial charge < -0.3 is 14.8 Å². The lowest BCUT2D eigenvalue weighted by molar-refractivity contribution is 0.0928. The standard InChI is InChI=1S/C13H21NO2/c1-14-10-12-5-3-6-13(9-12)11-16-8-4-7-15-2/h3,5-6,9,14H,4,7-8,10-11H2,1-2H3. The van der Waals surface area contributed by atoms with Crippen LogP contribution in [-0.2, 0) is 22.6 Å². The van der Waals surface area contributed by atoms with Crippen LogP contribution in [0.4, 0.5) is 0 Å². The molecule has 0 aliphatic rings. The van der Waals surface area contributed by atoms with Crippen LogP contribution in [0, 0.1) is 0 Å². The second-order valence-corrected chi connectivity index (χ2v) is 3.75. The first-order valence-corrected chi connectivity index (χ1v) is 5.66. The first-order valence-electron chi connectivity index (χ1n) is 5.66. The van der Waals surface area contributed by atoms with E-state index < -0.39 is 0 Å². The highest BCUT2D eigenvalue weighted by Gasteiger charge is 1.96. The minimum atomic E-state index is 0.682. The molecule has 16 heavy (non-hydrogen) atoms. The first-order chi connectivity index (χ1) is 7.86. The van der Waals surface area contributed by atoms with Crippen LogP contribution in [-0.4, -0.2) is 27.4 Å². The van der Waals surface area contributed by atoms with E-state index in [0.717, 1.165) is 26.2 Å². The van der Waals surface area contributed by atoms with Crippen molar-refractivity contribution in [1.29, 1.82) is 0 Å². The summed E-state index contributed by atoms with van der Waals surface area (Å²) in [5.74, 6) is 0. The van der Waals surface area contributed by atoms with Crippen LogP contribution in [0.2, 0.25) is 0 Å². The molecule has 90 valence electrons. The van der Waals surface area contributed by atoms with Gasteiger partial charge in [-0.25, -0.2) is 0 Å². The molecule has 0 saturated heterocycles. The first kappa shape index (κ1) is 13.2. The highest BCUT2D eigenvalue weighted by Crippen LogP contribution is 2.06. The zero-order chi connectivity index (χ0) is 11.6.